The molecule has 0 saturated carbocycles. The third-order valence-electron chi connectivity index (χ3n) is 4.56. The molecule has 0 radical (unpaired) electrons. The number of rotatable bonds is 4. The second-order valence-electron chi connectivity index (χ2n) is 7.06. The number of carbonyl (C=O) groups excluding carboxylic acids is 2. The summed E-state index contributed by atoms with van der Waals surface area (Å²) in [4.78, 5) is 30.0. The molecule has 0 unspecified atom stereocenters. The fraction of sp³-hybridized carbons (Fsp3) is 0.150. The molecule has 2 aromatic rings. The number of amides is 1. The topological polar surface area (TPSA) is 129 Å². The number of hydrogen-bond acceptors (Lipinski definition) is 9. The maximum Gasteiger partial charge on any atom is 0.353 e. The molecule has 4 rings (SSSR count). The molecule has 170 valence electrons. The lowest BCUT2D eigenvalue weighted by atomic mass is 10.1. The van der Waals surface area contributed by atoms with Crippen LogP contribution in [0.15, 0.2) is 50.7 Å². The van der Waals surface area contributed by atoms with Crippen molar-refractivity contribution in [2.24, 2.45) is 9.39 Å². The average Bonchev–Trinajstić information content (AvgIpc) is 3.43. The van der Waals surface area contributed by atoms with E-state index in [2.05, 4.69) is 9.39 Å². The van der Waals surface area contributed by atoms with Gasteiger partial charge in [-0.15, -0.1) is 11.3 Å². The predicted molar refractivity (Wildman–Crippen MR) is 130 cm³/mol. The van der Waals surface area contributed by atoms with Crippen LogP contribution in [-0.4, -0.2) is 46.6 Å². The molecular weight excluding hydrogens is 508 g/mol. The number of amidine groups is 3. The molecule has 0 aliphatic carbocycles. The third-order valence-corrected chi connectivity index (χ3v) is 8.55. The summed E-state index contributed by atoms with van der Waals surface area (Å²) in [6.45, 7) is 3.00. The van der Waals surface area contributed by atoms with Crippen molar-refractivity contribution in [1.29, 1.82) is 5.41 Å². The van der Waals surface area contributed by atoms with E-state index < -0.39 is 27.0 Å². The molecule has 1 aromatic carbocycles. The number of benzene rings is 1. The number of nitrogens with zero attached hydrogens (tertiary/aromatic N) is 3. The molecule has 0 bridgehead atoms. The summed E-state index contributed by atoms with van der Waals surface area (Å²) in [5, 5.41) is 9.25. The van der Waals surface area contributed by atoms with Crippen molar-refractivity contribution in [2.45, 2.75) is 19.1 Å². The normalized spacial score (nSPS) is 17.3. The van der Waals surface area contributed by atoms with Crippen LogP contribution in [0.1, 0.15) is 29.1 Å². The Labute approximate surface area is 202 Å². The molecule has 2 aliphatic heterocycles. The highest BCUT2D eigenvalue weighted by molar-refractivity contribution is 8.16. The minimum Gasteiger partial charge on any atom is -0.421 e. The molecule has 1 aromatic heterocycles. The first kappa shape index (κ1) is 23.4. The third kappa shape index (κ3) is 4.38. The van der Waals surface area contributed by atoms with E-state index in [1.54, 1.807) is 23.6 Å². The van der Waals surface area contributed by atoms with E-state index in [-0.39, 0.29) is 32.5 Å². The van der Waals surface area contributed by atoms with Gasteiger partial charge in [0, 0.05) is 0 Å². The van der Waals surface area contributed by atoms with Gasteiger partial charge in [0.1, 0.15) is 16.5 Å². The molecule has 9 nitrogen and oxygen atoms in total. The number of carbonyl (C=O) groups is 2. The van der Waals surface area contributed by atoms with Gasteiger partial charge in [0.15, 0.2) is 0 Å². The molecule has 2 aliphatic rings. The molecule has 1 amide bonds. The van der Waals surface area contributed by atoms with E-state index >= 15 is 0 Å². The molecule has 13 heteroatoms. The number of nitrogens with one attached hydrogen (secondary N) is 1. The van der Waals surface area contributed by atoms with Crippen molar-refractivity contribution >= 4 is 78.8 Å². The zero-order chi connectivity index (χ0) is 23.9. The molecular formula is C20H15ClN4O5S3. The molecule has 0 spiro atoms. The lowest BCUT2D eigenvalue weighted by Crippen LogP contribution is -2.46. The van der Waals surface area contributed by atoms with E-state index in [9.17, 15) is 18.0 Å². The fourth-order valence-corrected chi connectivity index (χ4v) is 5.69. The van der Waals surface area contributed by atoms with Gasteiger partial charge >= 0.3 is 5.97 Å². The number of hydrogen-bond donors (Lipinski definition) is 1. The quantitative estimate of drug-likeness (QED) is 0.278. The van der Waals surface area contributed by atoms with Crippen molar-refractivity contribution in [2.75, 3.05) is 0 Å². The Morgan fingerprint density at radius 2 is 2.06 bits per heavy atom. The van der Waals surface area contributed by atoms with Crippen molar-refractivity contribution in [3.05, 3.63) is 56.7 Å². The highest BCUT2D eigenvalue weighted by Crippen LogP contribution is 2.32. The van der Waals surface area contributed by atoms with E-state index in [1.807, 2.05) is 0 Å². The number of ether oxygens (including phenoxy) is 1. The molecule has 0 fully saturated rings. The van der Waals surface area contributed by atoms with Gasteiger partial charge in [-0.25, -0.2) is 18.1 Å². The minimum atomic E-state index is -3.81. The minimum absolute atomic E-state index is 0.00949. The Balaban J connectivity index is 1.62. The lowest BCUT2D eigenvalue weighted by Gasteiger charge is -2.25. The van der Waals surface area contributed by atoms with Gasteiger partial charge in [-0.2, -0.15) is 9.39 Å². The first-order chi connectivity index (χ1) is 15.6. The summed E-state index contributed by atoms with van der Waals surface area (Å²) >= 11 is 8.22. The second-order valence-corrected chi connectivity index (χ2v) is 11.5. The van der Waals surface area contributed by atoms with E-state index in [4.69, 9.17) is 21.7 Å². The maximum absolute atomic E-state index is 12.6. The maximum atomic E-state index is 12.6. The summed E-state index contributed by atoms with van der Waals surface area (Å²) in [5.74, 6) is -1.48. The molecule has 0 saturated heterocycles. The van der Waals surface area contributed by atoms with Crippen LogP contribution in [0.5, 0.6) is 5.75 Å². The molecule has 33 heavy (non-hydrogen) atoms. The number of aliphatic imine (C=N–C) groups is 1. The first-order valence-corrected chi connectivity index (χ1v) is 12.9. The Kier molecular flexibility index (Phi) is 6.27. The Morgan fingerprint density at radius 1 is 1.30 bits per heavy atom. The van der Waals surface area contributed by atoms with Crippen molar-refractivity contribution in [3.8, 4) is 5.75 Å². The van der Waals surface area contributed by atoms with Crippen LogP contribution in [0.4, 0.5) is 0 Å². The van der Waals surface area contributed by atoms with Crippen molar-refractivity contribution in [3.63, 3.8) is 0 Å². The van der Waals surface area contributed by atoms with Gasteiger partial charge in [0.2, 0.25) is 20.2 Å². The highest BCUT2D eigenvalue weighted by Gasteiger charge is 2.43. The van der Waals surface area contributed by atoms with Gasteiger partial charge in [-0.1, -0.05) is 23.7 Å². The number of sulfone groups is 1. The van der Waals surface area contributed by atoms with Gasteiger partial charge in [-0.05, 0) is 49.1 Å². The zero-order valence-corrected chi connectivity index (χ0v) is 20.3. The van der Waals surface area contributed by atoms with E-state index in [0.29, 0.717) is 10.4 Å². The monoisotopic (exact) mass is 522 g/mol. The Hall–Kier alpha value is -2.80. The van der Waals surface area contributed by atoms with Crippen molar-refractivity contribution in [1.82, 2.24) is 4.90 Å². The van der Waals surface area contributed by atoms with Gasteiger partial charge < -0.3 is 4.74 Å². The largest absolute Gasteiger partial charge is 0.421 e. The zero-order valence-electron chi connectivity index (χ0n) is 17.1. The van der Waals surface area contributed by atoms with Crippen LogP contribution < -0.4 is 4.74 Å². The van der Waals surface area contributed by atoms with Crippen LogP contribution in [0.2, 0.25) is 5.02 Å². The van der Waals surface area contributed by atoms with Crippen molar-refractivity contribution < 1.29 is 22.7 Å². The standard InChI is InChI=1S/C20H15ClN4O5S3/c1-10(2)33(28,29)20-24-32-19-23-17(26)12(16(22)25(19)20)8-11-5-6-14(13(21)9-11)30-18(27)15-4-3-7-31-15/h3-10,22H,1-2H3/b12-8-,22-16?. The van der Waals surface area contributed by atoms with Crippen LogP contribution >= 0.6 is 34.9 Å². The number of thiophene rings is 1. The summed E-state index contributed by atoms with van der Waals surface area (Å²) < 4.78 is 34.5. The summed E-state index contributed by atoms with van der Waals surface area (Å²) in [6, 6.07) is 7.83. The predicted octanol–water partition coefficient (Wildman–Crippen LogP) is 4.02. The Morgan fingerprint density at radius 3 is 2.70 bits per heavy atom. The van der Waals surface area contributed by atoms with Crippen LogP contribution in [0.3, 0.4) is 0 Å². The fourth-order valence-electron chi connectivity index (χ4n) is 2.80. The smallest absolute Gasteiger partial charge is 0.353 e. The summed E-state index contributed by atoms with van der Waals surface area (Å²) in [5.41, 5.74) is 0.298. The van der Waals surface area contributed by atoms with Gasteiger partial charge in [0.05, 0.1) is 27.8 Å². The van der Waals surface area contributed by atoms with Crippen LogP contribution in [-0.2, 0) is 14.6 Å². The number of esters is 1. The van der Waals surface area contributed by atoms with Crippen LogP contribution in [0.25, 0.3) is 6.08 Å². The van der Waals surface area contributed by atoms with Crippen LogP contribution in [0, 0.1) is 5.41 Å². The number of halogens is 1. The highest BCUT2D eigenvalue weighted by atomic mass is 35.5. The number of fused-ring (bicyclic) bond motifs is 1. The van der Waals surface area contributed by atoms with Gasteiger partial charge in [0.25, 0.3) is 5.91 Å². The summed E-state index contributed by atoms with van der Waals surface area (Å²) in [6.07, 6.45) is 1.37. The van der Waals surface area contributed by atoms with Gasteiger partial charge in [-0.3, -0.25) is 10.2 Å². The molecule has 1 N–H and O–H groups in total. The summed E-state index contributed by atoms with van der Waals surface area (Å²) in [7, 11) is -3.81. The Bertz CT molecular complexity index is 1380. The average molecular weight is 523 g/mol. The molecule has 0 atom stereocenters. The second kappa shape index (κ2) is 8.86. The lowest BCUT2D eigenvalue weighted by molar-refractivity contribution is -0.114. The first-order valence-electron chi connectivity index (χ1n) is 9.37. The van der Waals surface area contributed by atoms with E-state index in [0.717, 1.165) is 16.8 Å². The molecule has 3 heterocycles. The SMILES string of the molecule is CC(C)S(=O)(=O)C1=NSC2=NC(=O)/C(=C\c3ccc(OC(=O)c4cccs4)c(Cl)c3)C(=N)N21. The van der Waals surface area contributed by atoms with E-state index in [1.165, 1.54) is 43.4 Å².